The number of nitrogens with zero attached hydrogens (tertiary/aromatic N) is 2. The lowest BCUT2D eigenvalue weighted by Gasteiger charge is -2.20. The molecule has 1 unspecified atom stereocenters. The molecular weight excluding hydrogens is 438 g/mol. The lowest BCUT2D eigenvalue weighted by Crippen LogP contribution is -2.28. The van der Waals surface area contributed by atoms with Gasteiger partial charge in [-0.1, -0.05) is 63.2 Å². The zero-order valence-corrected chi connectivity index (χ0v) is 20.6. The van der Waals surface area contributed by atoms with E-state index in [1.54, 1.807) is 12.1 Å². The van der Waals surface area contributed by atoms with Gasteiger partial charge in [-0.2, -0.15) is 0 Å². The minimum Gasteiger partial charge on any atom is -0.491 e. The standard InChI is InChI=1S/C29H33N3O3/c1-29(2,3)22-13-15-24(16-14-22)35-20-23(33)19-32-26-12-8-7-11-25(26)31-27(32)17-18-30-28(34)21-9-5-4-6-10-21/h4-16,23,33H,17-20H2,1-3H3,(H,30,34). The molecule has 0 aliphatic heterocycles. The fraction of sp³-hybridized carbons (Fsp3) is 0.310. The number of aliphatic hydroxyl groups excluding tert-OH is 1. The van der Waals surface area contributed by atoms with Gasteiger partial charge in [-0.15, -0.1) is 0 Å². The number of amides is 1. The van der Waals surface area contributed by atoms with Crippen molar-refractivity contribution in [3.8, 4) is 5.75 Å². The van der Waals surface area contributed by atoms with Crippen LogP contribution < -0.4 is 10.1 Å². The number of hydrogen-bond donors (Lipinski definition) is 2. The van der Waals surface area contributed by atoms with Gasteiger partial charge < -0.3 is 19.7 Å². The van der Waals surface area contributed by atoms with Crippen molar-refractivity contribution in [2.75, 3.05) is 13.2 Å². The lowest BCUT2D eigenvalue weighted by molar-refractivity contribution is 0.0922. The van der Waals surface area contributed by atoms with E-state index in [0.717, 1.165) is 22.6 Å². The number of imidazole rings is 1. The van der Waals surface area contributed by atoms with Crippen molar-refractivity contribution in [1.82, 2.24) is 14.9 Å². The Balaban J connectivity index is 1.39. The zero-order valence-electron chi connectivity index (χ0n) is 20.6. The van der Waals surface area contributed by atoms with Gasteiger partial charge in [-0.05, 0) is 47.4 Å². The maximum Gasteiger partial charge on any atom is 0.251 e. The van der Waals surface area contributed by atoms with Crippen LogP contribution in [-0.2, 0) is 18.4 Å². The molecule has 4 rings (SSSR count). The number of nitrogens with one attached hydrogen (secondary N) is 1. The second kappa shape index (κ2) is 10.7. The Morgan fingerprint density at radius 1 is 1.00 bits per heavy atom. The molecule has 0 saturated heterocycles. The van der Waals surface area contributed by atoms with E-state index >= 15 is 0 Å². The fourth-order valence-electron chi connectivity index (χ4n) is 4.01. The zero-order chi connectivity index (χ0) is 24.8. The summed E-state index contributed by atoms with van der Waals surface area (Å²) in [5.74, 6) is 1.43. The smallest absolute Gasteiger partial charge is 0.251 e. The predicted molar refractivity (Wildman–Crippen MR) is 139 cm³/mol. The van der Waals surface area contributed by atoms with Crippen molar-refractivity contribution >= 4 is 16.9 Å². The van der Waals surface area contributed by atoms with E-state index < -0.39 is 6.10 Å². The summed E-state index contributed by atoms with van der Waals surface area (Å²) in [7, 11) is 0. The molecule has 0 aliphatic rings. The first-order valence-electron chi connectivity index (χ1n) is 12.0. The highest BCUT2D eigenvalue weighted by Gasteiger charge is 2.16. The van der Waals surface area contributed by atoms with Crippen LogP contribution in [0.2, 0.25) is 0 Å². The van der Waals surface area contributed by atoms with E-state index in [0.29, 0.717) is 25.1 Å². The molecule has 182 valence electrons. The van der Waals surface area contributed by atoms with Gasteiger partial charge in [-0.25, -0.2) is 4.98 Å². The summed E-state index contributed by atoms with van der Waals surface area (Å²) in [4.78, 5) is 17.1. The Morgan fingerprint density at radius 2 is 1.69 bits per heavy atom. The summed E-state index contributed by atoms with van der Waals surface area (Å²) in [6, 6.07) is 25.0. The molecule has 3 aromatic carbocycles. The normalized spacial score (nSPS) is 12.5. The molecule has 6 nitrogen and oxygen atoms in total. The Hall–Kier alpha value is -3.64. The molecule has 1 heterocycles. The van der Waals surface area contributed by atoms with E-state index in [4.69, 9.17) is 9.72 Å². The van der Waals surface area contributed by atoms with Gasteiger partial charge in [0.25, 0.3) is 5.91 Å². The predicted octanol–water partition coefficient (Wildman–Crippen LogP) is 4.75. The number of aromatic nitrogens is 2. The van der Waals surface area contributed by atoms with Crippen molar-refractivity contribution in [2.24, 2.45) is 0 Å². The Kier molecular flexibility index (Phi) is 7.51. The average molecular weight is 472 g/mol. The number of carbonyl (C=O) groups is 1. The quantitative estimate of drug-likeness (QED) is 0.370. The number of carbonyl (C=O) groups excluding carboxylic acids is 1. The first-order chi connectivity index (χ1) is 16.8. The summed E-state index contributed by atoms with van der Waals surface area (Å²) in [5, 5.41) is 13.7. The molecule has 1 aromatic heterocycles. The molecule has 4 aromatic rings. The van der Waals surface area contributed by atoms with Crippen LogP contribution in [0.5, 0.6) is 5.75 Å². The number of fused-ring (bicyclic) bond motifs is 1. The summed E-state index contributed by atoms with van der Waals surface area (Å²) in [6.07, 6.45) is -0.165. The largest absolute Gasteiger partial charge is 0.491 e. The Morgan fingerprint density at radius 3 is 2.40 bits per heavy atom. The third kappa shape index (κ3) is 6.28. The van der Waals surface area contributed by atoms with E-state index in [1.807, 2.05) is 59.2 Å². The van der Waals surface area contributed by atoms with Crippen LogP contribution in [0.25, 0.3) is 11.0 Å². The number of rotatable bonds is 9. The van der Waals surface area contributed by atoms with Crippen molar-refractivity contribution in [1.29, 1.82) is 0 Å². The van der Waals surface area contributed by atoms with E-state index in [-0.39, 0.29) is 17.9 Å². The summed E-state index contributed by atoms with van der Waals surface area (Å²) in [5.41, 5.74) is 3.76. The van der Waals surface area contributed by atoms with Crippen LogP contribution in [0.3, 0.4) is 0 Å². The maximum atomic E-state index is 12.4. The van der Waals surface area contributed by atoms with Crippen molar-refractivity contribution in [2.45, 2.75) is 45.3 Å². The molecule has 0 radical (unpaired) electrons. The van der Waals surface area contributed by atoms with Gasteiger partial charge in [0.05, 0.1) is 17.6 Å². The molecule has 1 amide bonds. The lowest BCUT2D eigenvalue weighted by atomic mass is 9.87. The second-order valence-electron chi connectivity index (χ2n) is 9.74. The Bertz CT molecular complexity index is 1260. The van der Waals surface area contributed by atoms with Crippen molar-refractivity contribution < 1.29 is 14.6 Å². The van der Waals surface area contributed by atoms with Gasteiger partial charge >= 0.3 is 0 Å². The van der Waals surface area contributed by atoms with Crippen LogP contribution in [0.4, 0.5) is 0 Å². The number of ether oxygens (including phenoxy) is 1. The number of hydrogen-bond acceptors (Lipinski definition) is 4. The first kappa shape index (κ1) is 24.5. The molecule has 0 aliphatic carbocycles. The third-order valence-corrected chi connectivity index (χ3v) is 5.96. The van der Waals surface area contributed by atoms with Gasteiger partial charge in [-0.3, -0.25) is 4.79 Å². The summed E-state index contributed by atoms with van der Waals surface area (Å²) < 4.78 is 7.87. The van der Waals surface area contributed by atoms with Gasteiger partial charge in [0, 0.05) is 18.5 Å². The molecule has 1 atom stereocenters. The molecule has 35 heavy (non-hydrogen) atoms. The highest BCUT2D eigenvalue weighted by atomic mass is 16.5. The number of benzene rings is 3. The highest BCUT2D eigenvalue weighted by molar-refractivity contribution is 5.94. The molecule has 6 heteroatoms. The molecule has 2 N–H and O–H groups in total. The second-order valence-corrected chi connectivity index (χ2v) is 9.74. The van der Waals surface area contributed by atoms with Crippen LogP contribution in [0.1, 0.15) is 42.5 Å². The van der Waals surface area contributed by atoms with Gasteiger partial charge in [0.1, 0.15) is 24.3 Å². The molecule has 0 bridgehead atoms. The highest BCUT2D eigenvalue weighted by Crippen LogP contribution is 2.24. The topological polar surface area (TPSA) is 76.4 Å². The third-order valence-electron chi connectivity index (χ3n) is 5.96. The first-order valence-corrected chi connectivity index (χ1v) is 12.0. The molecule has 0 spiro atoms. The van der Waals surface area contributed by atoms with Crippen molar-refractivity contribution in [3.05, 3.63) is 95.8 Å². The maximum absolute atomic E-state index is 12.4. The van der Waals surface area contributed by atoms with Crippen LogP contribution in [0, 0.1) is 0 Å². The minimum absolute atomic E-state index is 0.0808. The molecule has 0 fully saturated rings. The monoisotopic (exact) mass is 471 g/mol. The fourth-order valence-corrected chi connectivity index (χ4v) is 4.01. The average Bonchev–Trinajstić information content (AvgIpc) is 3.20. The summed E-state index contributed by atoms with van der Waals surface area (Å²) in [6.45, 7) is 7.49. The van der Waals surface area contributed by atoms with Crippen LogP contribution in [-0.4, -0.2) is 39.8 Å². The summed E-state index contributed by atoms with van der Waals surface area (Å²) >= 11 is 0. The van der Waals surface area contributed by atoms with Gasteiger partial charge in [0.2, 0.25) is 0 Å². The number of aliphatic hydroxyl groups is 1. The molecular formula is C29H33N3O3. The van der Waals surface area contributed by atoms with E-state index in [1.165, 1.54) is 5.56 Å². The molecule has 0 saturated carbocycles. The van der Waals surface area contributed by atoms with Crippen molar-refractivity contribution in [3.63, 3.8) is 0 Å². The van der Waals surface area contributed by atoms with Crippen LogP contribution in [0.15, 0.2) is 78.9 Å². The van der Waals surface area contributed by atoms with E-state index in [9.17, 15) is 9.90 Å². The van der Waals surface area contributed by atoms with Gasteiger partial charge in [0.15, 0.2) is 0 Å². The minimum atomic E-state index is -0.715. The van der Waals surface area contributed by atoms with Crippen LogP contribution >= 0.6 is 0 Å². The SMILES string of the molecule is CC(C)(C)c1ccc(OCC(O)Cn2c(CCNC(=O)c3ccccc3)nc3ccccc32)cc1. The number of para-hydroxylation sites is 2. The van der Waals surface area contributed by atoms with E-state index in [2.05, 4.69) is 38.2 Å². The Labute approximate surface area is 206 Å².